The Bertz CT molecular complexity index is 677. The first-order valence-corrected chi connectivity index (χ1v) is 10.9. The minimum Gasteiger partial charge on any atom is -0.493 e. The Balaban J connectivity index is 1.63. The Morgan fingerprint density at radius 3 is 2.14 bits per heavy atom. The van der Waals surface area contributed by atoms with Gasteiger partial charge in [-0.3, -0.25) is 0 Å². The highest BCUT2D eigenvalue weighted by Gasteiger charge is 2.41. The Hall–Kier alpha value is -1.75. The number of benzene rings is 1. The van der Waals surface area contributed by atoms with Gasteiger partial charge in [0.1, 0.15) is 11.4 Å². The van der Waals surface area contributed by atoms with Crippen LogP contribution in [0.4, 0.5) is 4.79 Å². The fraction of sp³-hybridized carbons (Fsp3) is 0.708. The molecule has 3 saturated carbocycles. The quantitative estimate of drug-likeness (QED) is 0.670. The highest BCUT2D eigenvalue weighted by atomic mass is 16.6. The van der Waals surface area contributed by atoms with Gasteiger partial charge >= 0.3 is 6.09 Å². The number of nitrogens with one attached hydrogen (secondary N) is 1. The average Bonchev–Trinajstić information content (AvgIpc) is 2.64. The summed E-state index contributed by atoms with van der Waals surface area (Å²) in [6.45, 7) is 9.59. The average molecular weight is 404 g/mol. The van der Waals surface area contributed by atoms with Gasteiger partial charge in [0.05, 0.1) is 18.2 Å². The van der Waals surface area contributed by atoms with E-state index in [2.05, 4.69) is 5.32 Å². The number of carbonyl (C=O) groups excluding carboxylic acids is 1. The second-order valence-electron chi connectivity index (χ2n) is 10.6. The molecule has 0 aliphatic heterocycles. The fourth-order valence-corrected chi connectivity index (χ4v) is 4.64. The Morgan fingerprint density at radius 2 is 1.66 bits per heavy atom. The summed E-state index contributed by atoms with van der Waals surface area (Å²) in [7, 11) is 0. The van der Waals surface area contributed by atoms with Gasteiger partial charge in [-0.2, -0.15) is 0 Å². The summed E-state index contributed by atoms with van der Waals surface area (Å²) in [5, 5.41) is 13.4. The molecule has 4 rings (SSSR count). The first-order chi connectivity index (χ1) is 13.5. The highest BCUT2D eigenvalue weighted by Crippen LogP contribution is 2.50. The van der Waals surface area contributed by atoms with E-state index in [1.807, 2.05) is 45.0 Å². The summed E-state index contributed by atoms with van der Waals surface area (Å²) in [6, 6.07) is 7.08. The molecule has 5 nitrogen and oxygen atoms in total. The molecule has 1 unspecified atom stereocenters. The van der Waals surface area contributed by atoms with Gasteiger partial charge in [-0.1, -0.05) is 12.1 Å². The number of aliphatic hydroxyl groups is 1. The van der Waals surface area contributed by atoms with E-state index < -0.39 is 23.3 Å². The Morgan fingerprint density at radius 1 is 1.10 bits per heavy atom. The number of ether oxygens (including phenoxy) is 2. The molecule has 29 heavy (non-hydrogen) atoms. The zero-order chi connectivity index (χ0) is 21.3. The van der Waals surface area contributed by atoms with Gasteiger partial charge in [0.2, 0.25) is 0 Å². The maximum absolute atomic E-state index is 12.2. The standard InChI is InChI=1S/C24H37NO4/c1-22(2,3)29-21(26)25-20(23(4,5)27)18-6-8-19(9-7-18)28-16-24-13-10-17(11-14-24)12-15-24/h6-9,17,20,27H,10-16H2,1-5H3,(H,25,26). The van der Waals surface area contributed by atoms with Gasteiger partial charge in [-0.05, 0) is 96.8 Å². The molecular formula is C24H37NO4. The smallest absolute Gasteiger partial charge is 0.408 e. The van der Waals surface area contributed by atoms with Crippen molar-refractivity contribution in [3.05, 3.63) is 29.8 Å². The minimum atomic E-state index is -1.14. The van der Waals surface area contributed by atoms with Crippen molar-refractivity contribution in [1.29, 1.82) is 0 Å². The monoisotopic (exact) mass is 403 g/mol. The summed E-state index contributed by atoms with van der Waals surface area (Å²) in [6.07, 6.45) is 7.38. The van der Waals surface area contributed by atoms with E-state index in [1.54, 1.807) is 13.8 Å². The number of hydrogen-bond donors (Lipinski definition) is 2. The van der Waals surface area contributed by atoms with Crippen molar-refractivity contribution in [3.8, 4) is 5.75 Å². The number of amides is 1. The molecule has 2 N–H and O–H groups in total. The molecule has 2 bridgehead atoms. The van der Waals surface area contributed by atoms with Crippen LogP contribution in [0.15, 0.2) is 24.3 Å². The summed E-state index contributed by atoms with van der Waals surface area (Å²) < 4.78 is 11.5. The van der Waals surface area contributed by atoms with Crippen molar-refractivity contribution in [2.45, 2.75) is 90.4 Å². The van der Waals surface area contributed by atoms with Crippen LogP contribution in [0.25, 0.3) is 0 Å². The molecule has 3 aliphatic carbocycles. The molecule has 3 aliphatic rings. The number of rotatable bonds is 6. The molecule has 0 saturated heterocycles. The van der Waals surface area contributed by atoms with Crippen LogP contribution in [0.2, 0.25) is 0 Å². The number of alkyl carbamates (subject to hydrolysis) is 1. The molecule has 162 valence electrons. The largest absolute Gasteiger partial charge is 0.493 e. The van der Waals surface area contributed by atoms with Gasteiger partial charge < -0.3 is 19.9 Å². The normalized spacial score (nSPS) is 25.4. The van der Waals surface area contributed by atoms with Gasteiger partial charge in [0.15, 0.2) is 0 Å². The zero-order valence-electron chi connectivity index (χ0n) is 18.6. The Labute approximate surface area is 175 Å². The van der Waals surface area contributed by atoms with E-state index in [4.69, 9.17) is 9.47 Å². The fourth-order valence-electron chi connectivity index (χ4n) is 4.64. The zero-order valence-corrected chi connectivity index (χ0v) is 18.6. The van der Waals surface area contributed by atoms with Gasteiger partial charge in [0.25, 0.3) is 0 Å². The van der Waals surface area contributed by atoms with Crippen molar-refractivity contribution in [2.75, 3.05) is 6.61 Å². The molecule has 1 atom stereocenters. The van der Waals surface area contributed by atoms with Crippen LogP contribution >= 0.6 is 0 Å². The van der Waals surface area contributed by atoms with Crippen LogP contribution < -0.4 is 10.1 Å². The van der Waals surface area contributed by atoms with E-state index in [-0.39, 0.29) is 0 Å². The second-order valence-corrected chi connectivity index (χ2v) is 10.6. The first kappa shape index (κ1) is 21.9. The van der Waals surface area contributed by atoms with E-state index >= 15 is 0 Å². The molecular weight excluding hydrogens is 366 g/mol. The lowest BCUT2D eigenvalue weighted by atomic mass is 9.61. The van der Waals surface area contributed by atoms with Crippen LogP contribution in [-0.2, 0) is 4.74 Å². The molecule has 0 heterocycles. The van der Waals surface area contributed by atoms with Crippen LogP contribution in [0.3, 0.4) is 0 Å². The van der Waals surface area contributed by atoms with Crippen LogP contribution in [0.1, 0.15) is 84.7 Å². The molecule has 3 fully saturated rings. The summed E-state index contributed by atoms with van der Waals surface area (Å²) in [5.41, 5.74) is -0.559. The molecule has 1 aromatic carbocycles. The molecule has 0 radical (unpaired) electrons. The lowest BCUT2D eigenvalue weighted by molar-refractivity contribution is 0.0160. The molecule has 1 amide bonds. The first-order valence-electron chi connectivity index (χ1n) is 10.9. The summed E-state index contributed by atoms with van der Waals surface area (Å²) in [5.74, 6) is 1.79. The number of carbonyl (C=O) groups is 1. The summed E-state index contributed by atoms with van der Waals surface area (Å²) in [4.78, 5) is 12.2. The molecule has 0 aromatic heterocycles. The van der Waals surface area contributed by atoms with Gasteiger partial charge in [-0.25, -0.2) is 4.79 Å². The van der Waals surface area contributed by atoms with Crippen LogP contribution in [0.5, 0.6) is 5.75 Å². The predicted molar refractivity (Wildman–Crippen MR) is 114 cm³/mol. The predicted octanol–water partition coefficient (Wildman–Crippen LogP) is 5.37. The van der Waals surface area contributed by atoms with Crippen molar-refractivity contribution >= 4 is 6.09 Å². The van der Waals surface area contributed by atoms with Crippen molar-refractivity contribution in [2.24, 2.45) is 11.3 Å². The maximum atomic E-state index is 12.2. The maximum Gasteiger partial charge on any atom is 0.408 e. The van der Waals surface area contributed by atoms with E-state index in [9.17, 15) is 9.90 Å². The van der Waals surface area contributed by atoms with Gasteiger partial charge in [0, 0.05) is 5.41 Å². The Kier molecular flexibility index (Phi) is 6.19. The van der Waals surface area contributed by atoms with E-state index in [0.29, 0.717) is 5.41 Å². The van der Waals surface area contributed by atoms with Crippen molar-refractivity contribution in [3.63, 3.8) is 0 Å². The van der Waals surface area contributed by atoms with Crippen molar-refractivity contribution < 1.29 is 19.4 Å². The highest BCUT2D eigenvalue weighted by molar-refractivity contribution is 5.68. The topological polar surface area (TPSA) is 67.8 Å². The number of hydrogen-bond acceptors (Lipinski definition) is 4. The molecule has 1 aromatic rings. The SMILES string of the molecule is CC(C)(C)OC(=O)NC(c1ccc(OCC23CCC(CC2)CC3)cc1)C(C)(C)O. The minimum absolute atomic E-state index is 0.362. The lowest BCUT2D eigenvalue weighted by Crippen LogP contribution is -2.44. The number of fused-ring (bicyclic) bond motifs is 3. The third-order valence-corrected chi connectivity index (χ3v) is 6.37. The third-order valence-electron chi connectivity index (χ3n) is 6.37. The third kappa shape index (κ3) is 5.88. The lowest BCUT2D eigenvalue weighted by Gasteiger charge is -2.46. The molecule has 0 spiro atoms. The van der Waals surface area contributed by atoms with E-state index in [1.165, 1.54) is 38.5 Å². The second kappa shape index (κ2) is 8.17. The molecule has 5 heteroatoms. The van der Waals surface area contributed by atoms with Crippen molar-refractivity contribution in [1.82, 2.24) is 5.32 Å². The van der Waals surface area contributed by atoms with Gasteiger partial charge in [-0.15, -0.1) is 0 Å². The van der Waals surface area contributed by atoms with Crippen LogP contribution in [0, 0.1) is 11.3 Å². The summed E-state index contributed by atoms with van der Waals surface area (Å²) >= 11 is 0. The van der Waals surface area contributed by atoms with Crippen LogP contribution in [-0.4, -0.2) is 29.0 Å². The van der Waals surface area contributed by atoms with E-state index in [0.717, 1.165) is 23.8 Å².